The third-order valence-corrected chi connectivity index (χ3v) is 3.13. The maximum Gasteiger partial charge on any atom is 0.224 e. The van der Waals surface area contributed by atoms with Gasteiger partial charge in [-0.2, -0.15) is 5.10 Å². The zero-order valence-corrected chi connectivity index (χ0v) is 12.3. The van der Waals surface area contributed by atoms with Crippen molar-refractivity contribution in [1.82, 2.24) is 9.78 Å². The molecule has 18 heavy (non-hydrogen) atoms. The maximum absolute atomic E-state index is 11.8. The van der Waals surface area contributed by atoms with Gasteiger partial charge in [-0.25, -0.2) is 0 Å². The molecule has 1 N–H and O–H groups in total. The van der Waals surface area contributed by atoms with Crippen molar-refractivity contribution in [2.45, 2.75) is 53.0 Å². The Hall–Kier alpha value is -1.03. The minimum Gasteiger partial charge on any atom is -0.323 e. The minimum absolute atomic E-state index is 0.0367. The molecule has 102 valence electrons. The number of aromatic nitrogens is 2. The molecule has 4 nitrogen and oxygen atoms in total. The number of aryl methyl sites for hydroxylation is 1. The lowest BCUT2D eigenvalue weighted by Crippen LogP contribution is -2.13. The second-order valence-corrected chi connectivity index (χ2v) is 5.16. The fourth-order valence-electron chi connectivity index (χ4n) is 1.93. The van der Waals surface area contributed by atoms with Crippen LogP contribution in [0.4, 0.5) is 5.69 Å². The minimum atomic E-state index is 0.0367. The molecule has 0 aliphatic rings. The molecule has 1 heterocycles. The van der Waals surface area contributed by atoms with E-state index in [-0.39, 0.29) is 5.91 Å². The van der Waals surface area contributed by atoms with Crippen molar-refractivity contribution in [3.63, 3.8) is 0 Å². The highest BCUT2D eigenvalue weighted by Gasteiger charge is 2.15. The molecule has 0 radical (unpaired) electrons. The Morgan fingerprint density at radius 2 is 2.06 bits per heavy atom. The van der Waals surface area contributed by atoms with E-state index in [1.165, 1.54) is 0 Å². The average Bonchev–Trinajstić information content (AvgIpc) is 2.57. The first-order chi connectivity index (χ1) is 8.47. The SMILES string of the molecule is Cc1nn(C(C)C)c(C)c1NC(=O)CCCCCl. The highest BCUT2D eigenvalue weighted by atomic mass is 35.5. The molecule has 0 saturated carbocycles. The van der Waals surface area contributed by atoms with Crippen LogP contribution in [0.25, 0.3) is 0 Å². The Morgan fingerprint density at radius 1 is 1.39 bits per heavy atom. The topological polar surface area (TPSA) is 46.9 Å². The number of anilines is 1. The lowest BCUT2D eigenvalue weighted by Gasteiger charge is -2.09. The fraction of sp³-hybridized carbons (Fsp3) is 0.692. The number of rotatable bonds is 6. The van der Waals surface area contributed by atoms with Crippen molar-refractivity contribution < 1.29 is 4.79 Å². The van der Waals surface area contributed by atoms with E-state index in [1.54, 1.807) is 0 Å². The molecule has 1 amide bonds. The van der Waals surface area contributed by atoms with Crippen LogP contribution < -0.4 is 5.32 Å². The summed E-state index contributed by atoms with van der Waals surface area (Å²) in [6.07, 6.45) is 2.21. The quantitative estimate of drug-likeness (QED) is 0.636. The third kappa shape index (κ3) is 3.73. The van der Waals surface area contributed by atoms with Gasteiger partial charge in [0.1, 0.15) is 0 Å². The van der Waals surface area contributed by atoms with Crippen molar-refractivity contribution in [2.24, 2.45) is 0 Å². The van der Waals surface area contributed by atoms with Crippen molar-refractivity contribution in [2.75, 3.05) is 11.2 Å². The number of hydrogen-bond donors (Lipinski definition) is 1. The second kappa shape index (κ2) is 6.78. The molecule has 1 aromatic rings. The van der Waals surface area contributed by atoms with Crippen LogP contribution in [0.15, 0.2) is 0 Å². The number of carbonyl (C=O) groups is 1. The van der Waals surface area contributed by atoms with Crippen molar-refractivity contribution in [3.05, 3.63) is 11.4 Å². The number of nitrogens with zero attached hydrogens (tertiary/aromatic N) is 2. The van der Waals surface area contributed by atoms with E-state index in [4.69, 9.17) is 11.6 Å². The van der Waals surface area contributed by atoms with E-state index >= 15 is 0 Å². The summed E-state index contributed by atoms with van der Waals surface area (Å²) in [5, 5.41) is 7.39. The lowest BCUT2D eigenvalue weighted by molar-refractivity contribution is -0.116. The molecular formula is C13H22ClN3O. The van der Waals surface area contributed by atoms with Crippen LogP contribution >= 0.6 is 11.6 Å². The summed E-state index contributed by atoms with van der Waals surface area (Å²) in [4.78, 5) is 11.8. The van der Waals surface area contributed by atoms with Crippen LogP contribution in [-0.2, 0) is 4.79 Å². The Kier molecular flexibility index (Phi) is 5.66. The molecule has 0 aliphatic heterocycles. The van der Waals surface area contributed by atoms with E-state index in [0.717, 1.165) is 29.9 Å². The van der Waals surface area contributed by atoms with Gasteiger partial charge in [0.2, 0.25) is 5.91 Å². The van der Waals surface area contributed by atoms with Gasteiger partial charge in [-0.1, -0.05) is 0 Å². The van der Waals surface area contributed by atoms with Gasteiger partial charge in [0, 0.05) is 18.3 Å². The molecule has 1 aromatic heterocycles. The van der Waals surface area contributed by atoms with Gasteiger partial charge in [-0.3, -0.25) is 9.48 Å². The summed E-state index contributed by atoms with van der Waals surface area (Å²) in [7, 11) is 0. The van der Waals surface area contributed by atoms with Crippen LogP contribution in [0.1, 0.15) is 50.5 Å². The predicted octanol–water partition coefficient (Wildman–Crippen LogP) is 3.43. The summed E-state index contributed by atoms with van der Waals surface area (Å²) < 4.78 is 1.93. The maximum atomic E-state index is 11.8. The first-order valence-corrected chi connectivity index (χ1v) is 6.92. The summed E-state index contributed by atoms with van der Waals surface area (Å²) in [5.74, 6) is 0.644. The molecule has 0 fully saturated rings. The van der Waals surface area contributed by atoms with Crippen molar-refractivity contribution in [1.29, 1.82) is 0 Å². The fourth-order valence-corrected chi connectivity index (χ4v) is 2.12. The third-order valence-electron chi connectivity index (χ3n) is 2.87. The summed E-state index contributed by atoms with van der Waals surface area (Å²) in [5.41, 5.74) is 2.72. The van der Waals surface area contributed by atoms with E-state index in [9.17, 15) is 4.79 Å². The van der Waals surface area contributed by atoms with E-state index in [1.807, 2.05) is 18.5 Å². The van der Waals surface area contributed by atoms with Gasteiger partial charge in [-0.05, 0) is 40.5 Å². The second-order valence-electron chi connectivity index (χ2n) is 4.78. The number of alkyl halides is 1. The van der Waals surface area contributed by atoms with Crippen LogP contribution in [0, 0.1) is 13.8 Å². The van der Waals surface area contributed by atoms with Gasteiger partial charge in [0.25, 0.3) is 0 Å². The average molecular weight is 272 g/mol. The van der Waals surface area contributed by atoms with Crippen LogP contribution in [0.3, 0.4) is 0 Å². The smallest absolute Gasteiger partial charge is 0.224 e. The number of hydrogen-bond acceptors (Lipinski definition) is 2. The molecular weight excluding hydrogens is 250 g/mol. The Bertz CT molecular complexity index is 413. The molecule has 0 spiro atoms. The standard InChI is InChI=1S/C13H22ClN3O/c1-9(2)17-11(4)13(10(3)16-17)15-12(18)7-5-6-8-14/h9H,5-8H2,1-4H3,(H,15,18). The number of amides is 1. The van der Waals surface area contributed by atoms with Crippen LogP contribution in [-0.4, -0.2) is 21.6 Å². The molecule has 0 aromatic carbocycles. The van der Waals surface area contributed by atoms with Gasteiger partial charge in [0.15, 0.2) is 0 Å². The van der Waals surface area contributed by atoms with Crippen LogP contribution in [0.5, 0.6) is 0 Å². The lowest BCUT2D eigenvalue weighted by atomic mass is 10.2. The molecule has 5 heteroatoms. The highest BCUT2D eigenvalue weighted by molar-refractivity contribution is 6.17. The summed E-state index contributed by atoms with van der Waals surface area (Å²) in [6, 6.07) is 0.297. The van der Waals surface area contributed by atoms with Crippen LogP contribution in [0.2, 0.25) is 0 Å². The molecule has 0 unspecified atom stereocenters. The van der Waals surface area contributed by atoms with Gasteiger partial charge in [-0.15, -0.1) is 11.6 Å². The number of unbranched alkanes of at least 4 members (excludes halogenated alkanes) is 1. The number of halogens is 1. The number of nitrogens with one attached hydrogen (secondary N) is 1. The zero-order chi connectivity index (χ0) is 13.7. The van der Waals surface area contributed by atoms with Gasteiger partial charge >= 0.3 is 0 Å². The molecule has 0 aliphatic carbocycles. The van der Waals surface area contributed by atoms with Crippen molar-refractivity contribution >= 4 is 23.2 Å². The Labute approximate surface area is 114 Å². The normalized spacial score (nSPS) is 11.0. The van der Waals surface area contributed by atoms with E-state index < -0.39 is 0 Å². The van der Waals surface area contributed by atoms with Gasteiger partial charge in [0.05, 0.1) is 17.1 Å². The highest BCUT2D eigenvalue weighted by Crippen LogP contribution is 2.22. The largest absolute Gasteiger partial charge is 0.323 e. The van der Waals surface area contributed by atoms with E-state index in [2.05, 4.69) is 24.3 Å². The molecule has 0 bridgehead atoms. The first kappa shape index (κ1) is 15.0. The van der Waals surface area contributed by atoms with Crippen molar-refractivity contribution in [3.8, 4) is 0 Å². The zero-order valence-electron chi connectivity index (χ0n) is 11.6. The van der Waals surface area contributed by atoms with Gasteiger partial charge < -0.3 is 5.32 Å². The summed E-state index contributed by atoms with van der Waals surface area (Å²) >= 11 is 5.59. The Morgan fingerprint density at radius 3 is 2.56 bits per heavy atom. The first-order valence-electron chi connectivity index (χ1n) is 6.39. The number of carbonyl (C=O) groups excluding carboxylic acids is 1. The Balaban J connectivity index is 2.70. The summed E-state index contributed by atoms with van der Waals surface area (Å²) in [6.45, 7) is 8.05. The predicted molar refractivity (Wildman–Crippen MR) is 75.3 cm³/mol. The molecule has 1 rings (SSSR count). The van der Waals surface area contributed by atoms with E-state index in [0.29, 0.717) is 18.3 Å². The monoisotopic (exact) mass is 271 g/mol. The molecule has 0 atom stereocenters. The molecule has 0 saturated heterocycles.